The number of nitrogens with one attached hydrogen (secondary N) is 2. The van der Waals surface area contributed by atoms with Gasteiger partial charge in [-0.05, 0) is 48.7 Å². The van der Waals surface area contributed by atoms with Crippen molar-refractivity contribution in [3.8, 4) is 11.5 Å². The van der Waals surface area contributed by atoms with E-state index in [1.165, 1.54) is 0 Å². The van der Waals surface area contributed by atoms with Crippen molar-refractivity contribution in [2.24, 2.45) is 10.9 Å². The summed E-state index contributed by atoms with van der Waals surface area (Å²) >= 11 is 1.16. The molecule has 0 saturated heterocycles. The van der Waals surface area contributed by atoms with Crippen LogP contribution < -0.4 is 26.2 Å². The quantitative estimate of drug-likeness (QED) is 0.0942. The number of carbonyl (C=O) groups is 1. The number of amidine groups is 1. The van der Waals surface area contributed by atoms with Crippen molar-refractivity contribution in [2.75, 3.05) is 18.9 Å². The number of rotatable bonds is 9. The molecule has 13 heteroatoms. The predicted octanol–water partition coefficient (Wildman–Crippen LogP) is 1.26. The molecular formula is C23H25BN6O5S. The number of oxime groups is 1. The number of nitrogens with zero attached hydrogens (tertiary/aromatic N) is 2. The summed E-state index contributed by atoms with van der Waals surface area (Å²) in [6.45, 7) is 2.10. The van der Waals surface area contributed by atoms with Gasteiger partial charge in [0, 0.05) is 10.9 Å². The number of carbonyl (C=O) groups excluding carboxylic acids is 1. The Balaban J connectivity index is 1.39. The lowest BCUT2D eigenvalue weighted by Gasteiger charge is -2.29. The predicted molar refractivity (Wildman–Crippen MR) is 137 cm³/mol. The first kappa shape index (κ1) is 25.0. The van der Waals surface area contributed by atoms with Gasteiger partial charge < -0.3 is 36.0 Å². The van der Waals surface area contributed by atoms with Crippen LogP contribution >= 0.6 is 11.3 Å². The molecule has 2 heterocycles. The van der Waals surface area contributed by atoms with Gasteiger partial charge in [-0.1, -0.05) is 23.4 Å². The van der Waals surface area contributed by atoms with Crippen LogP contribution in [0.3, 0.4) is 0 Å². The minimum Gasteiger partial charge on any atom is -0.534 e. The highest BCUT2D eigenvalue weighted by Crippen LogP contribution is 2.29. The number of thiazole rings is 1. The fraction of sp³-hybridized carbons (Fsp3) is 0.217. The van der Waals surface area contributed by atoms with Crippen molar-refractivity contribution < 1.29 is 24.0 Å². The fourth-order valence-corrected chi connectivity index (χ4v) is 4.13. The molecule has 7 N–H and O–H groups in total. The first-order chi connectivity index (χ1) is 17.3. The Morgan fingerprint density at radius 3 is 2.81 bits per heavy atom. The zero-order chi connectivity index (χ0) is 25.7. The molecule has 1 aliphatic rings. The maximum atomic E-state index is 13.1. The number of nitrogens with two attached hydrogens (primary N) is 2. The highest BCUT2D eigenvalue weighted by Gasteiger charge is 2.37. The number of nitrogen functional groups attached to an aromatic ring is 2. The molecule has 2 aromatic carbocycles. The lowest BCUT2D eigenvalue weighted by Crippen LogP contribution is -2.54. The molecule has 1 atom stereocenters. The maximum absolute atomic E-state index is 13.1. The SMILES string of the molecule is Cc1cccc2c1OB(O)[C@@H](NC(=O)/C(=N\OCCOc1ccc(C(=N)N)cc1)c1csc(N)n1)C2. The lowest BCUT2D eigenvalue weighted by molar-refractivity contribution is -0.115. The fourth-order valence-electron chi connectivity index (χ4n) is 3.58. The summed E-state index contributed by atoms with van der Waals surface area (Å²) < 4.78 is 11.2. The van der Waals surface area contributed by atoms with E-state index < -0.39 is 19.0 Å². The number of aromatic nitrogens is 1. The van der Waals surface area contributed by atoms with Gasteiger partial charge in [0.25, 0.3) is 5.91 Å². The summed E-state index contributed by atoms with van der Waals surface area (Å²) in [5, 5.41) is 26.5. The molecule has 0 saturated carbocycles. The summed E-state index contributed by atoms with van der Waals surface area (Å²) in [4.78, 5) is 22.6. The monoisotopic (exact) mass is 508 g/mol. The standard InChI is InChI=1S/C23H25BN6O5S/c1-13-3-2-4-15-11-18(24(32)35-20(13)15)29-22(31)19(17-12-36-23(27)28-17)30-34-10-9-33-16-7-5-14(6-8-16)21(25)26/h2-8,12,18,32H,9-11H2,1H3,(H3,25,26)(H2,27,28)(H,29,31)/b30-19-/t18-/m0/s1. The molecule has 1 amide bonds. The Morgan fingerprint density at radius 2 is 2.11 bits per heavy atom. The van der Waals surface area contributed by atoms with E-state index in [9.17, 15) is 9.82 Å². The molecule has 0 spiro atoms. The van der Waals surface area contributed by atoms with E-state index in [1.807, 2.05) is 25.1 Å². The first-order valence-corrected chi connectivity index (χ1v) is 11.9. The van der Waals surface area contributed by atoms with Crippen molar-refractivity contribution in [1.82, 2.24) is 10.3 Å². The molecule has 3 aromatic rings. The Hall–Kier alpha value is -4.10. The van der Waals surface area contributed by atoms with Gasteiger partial charge >= 0.3 is 7.12 Å². The number of ether oxygens (including phenoxy) is 1. The summed E-state index contributed by atoms with van der Waals surface area (Å²) in [6, 6.07) is 12.4. The lowest BCUT2D eigenvalue weighted by atomic mass is 9.72. The zero-order valence-corrected chi connectivity index (χ0v) is 20.2. The number of para-hydroxylation sites is 1. The van der Waals surface area contributed by atoms with E-state index in [0.29, 0.717) is 23.5 Å². The molecular weight excluding hydrogens is 483 g/mol. The third-order valence-electron chi connectivity index (χ3n) is 5.38. The van der Waals surface area contributed by atoms with Crippen LogP contribution in [0.1, 0.15) is 22.4 Å². The molecule has 0 radical (unpaired) electrons. The van der Waals surface area contributed by atoms with Crippen molar-refractivity contribution >= 4 is 41.0 Å². The number of benzene rings is 2. The van der Waals surface area contributed by atoms with Crippen LogP contribution in [0.4, 0.5) is 5.13 Å². The number of aryl methyl sites for hydroxylation is 1. The van der Waals surface area contributed by atoms with E-state index in [0.717, 1.165) is 22.5 Å². The third-order valence-corrected chi connectivity index (χ3v) is 6.05. The average molecular weight is 508 g/mol. The molecule has 0 unspecified atom stereocenters. The number of hydrogen-bond acceptors (Lipinski definition) is 10. The van der Waals surface area contributed by atoms with Gasteiger partial charge in [-0.2, -0.15) is 0 Å². The van der Waals surface area contributed by atoms with E-state index in [2.05, 4.69) is 15.5 Å². The van der Waals surface area contributed by atoms with Crippen LogP contribution in [0.2, 0.25) is 0 Å². The summed E-state index contributed by atoms with van der Waals surface area (Å²) in [6.07, 6.45) is 0.382. The Kier molecular flexibility index (Phi) is 7.71. The topological polar surface area (TPSA) is 178 Å². The number of anilines is 1. The van der Waals surface area contributed by atoms with Crippen molar-refractivity contribution in [3.05, 3.63) is 70.2 Å². The van der Waals surface area contributed by atoms with Crippen molar-refractivity contribution in [2.45, 2.75) is 19.3 Å². The molecule has 36 heavy (non-hydrogen) atoms. The van der Waals surface area contributed by atoms with E-state index in [-0.39, 0.29) is 35.6 Å². The summed E-state index contributed by atoms with van der Waals surface area (Å²) in [5.74, 6) is -0.131. The maximum Gasteiger partial charge on any atom is 0.547 e. The molecule has 0 bridgehead atoms. The normalized spacial score (nSPS) is 15.0. The Morgan fingerprint density at radius 1 is 1.33 bits per heavy atom. The van der Waals surface area contributed by atoms with Crippen LogP contribution in [-0.4, -0.2) is 53.7 Å². The second-order valence-electron chi connectivity index (χ2n) is 7.99. The van der Waals surface area contributed by atoms with Crippen molar-refractivity contribution in [3.63, 3.8) is 0 Å². The highest BCUT2D eigenvalue weighted by molar-refractivity contribution is 7.13. The molecule has 0 fully saturated rings. The van der Waals surface area contributed by atoms with Gasteiger partial charge in [0.2, 0.25) is 0 Å². The van der Waals surface area contributed by atoms with Gasteiger partial charge in [-0.25, -0.2) is 4.98 Å². The van der Waals surface area contributed by atoms with E-state index >= 15 is 0 Å². The van der Waals surface area contributed by atoms with Crippen LogP contribution in [0, 0.1) is 12.3 Å². The van der Waals surface area contributed by atoms with Gasteiger partial charge in [0.15, 0.2) is 17.5 Å². The molecule has 0 aliphatic carbocycles. The Labute approximate surface area is 211 Å². The second-order valence-corrected chi connectivity index (χ2v) is 8.88. The molecule has 186 valence electrons. The second kappa shape index (κ2) is 11.1. The van der Waals surface area contributed by atoms with Crippen molar-refractivity contribution in [1.29, 1.82) is 5.41 Å². The number of hydrogen-bond donors (Lipinski definition) is 5. The Bertz CT molecular complexity index is 1280. The van der Waals surface area contributed by atoms with Crippen LogP contribution in [0.25, 0.3) is 0 Å². The van der Waals surface area contributed by atoms with Gasteiger partial charge in [-0.3, -0.25) is 10.2 Å². The molecule has 1 aliphatic heterocycles. The summed E-state index contributed by atoms with van der Waals surface area (Å²) in [5.41, 5.74) is 13.7. The minimum absolute atomic E-state index is 0.0284. The van der Waals surface area contributed by atoms with Crippen LogP contribution in [-0.2, 0) is 16.1 Å². The smallest absolute Gasteiger partial charge is 0.534 e. The zero-order valence-electron chi connectivity index (χ0n) is 19.4. The first-order valence-electron chi connectivity index (χ1n) is 11.0. The van der Waals surface area contributed by atoms with Crippen LogP contribution in [0.5, 0.6) is 11.5 Å². The third kappa shape index (κ3) is 5.93. The van der Waals surface area contributed by atoms with Crippen LogP contribution in [0.15, 0.2) is 53.0 Å². The highest BCUT2D eigenvalue weighted by atomic mass is 32.1. The molecule has 11 nitrogen and oxygen atoms in total. The van der Waals surface area contributed by atoms with Gasteiger partial charge in [0.1, 0.15) is 29.6 Å². The number of amides is 1. The molecule has 1 aromatic heterocycles. The van der Waals surface area contributed by atoms with Gasteiger partial charge in [-0.15, -0.1) is 11.3 Å². The average Bonchev–Trinajstić information content (AvgIpc) is 3.28. The van der Waals surface area contributed by atoms with E-state index in [1.54, 1.807) is 29.6 Å². The summed E-state index contributed by atoms with van der Waals surface area (Å²) in [7, 11) is -1.23. The van der Waals surface area contributed by atoms with E-state index in [4.69, 9.17) is 31.1 Å². The van der Waals surface area contributed by atoms with Gasteiger partial charge in [0.05, 0.1) is 5.94 Å². The largest absolute Gasteiger partial charge is 0.547 e. The number of fused-ring (bicyclic) bond motifs is 1. The minimum atomic E-state index is -1.23. The molecule has 4 rings (SSSR count).